The number of fused-ring (bicyclic) bond motifs is 1. The molecule has 0 saturated carbocycles. The second-order valence-corrected chi connectivity index (χ2v) is 5.34. The van der Waals surface area contributed by atoms with Crippen molar-refractivity contribution in [2.45, 2.75) is 6.10 Å². The molecule has 3 aromatic rings. The molecule has 0 bridgehead atoms. The largest absolute Gasteiger partial charge is 0.383 e. The fourth-order valence-electron chi connectivity index (χ4n) is 2.31. The van der Waals surface area contributed by atoms with Crippen LogP contribution in [0.25, 0.3) is 10.8 Å². The lowest BCUT2D eigenvalue weighted by atomic mass is 9.96. The number of nitrogens with zero attached hydrogens (tertiary/aromatic N) is 1. The van der Waals surface area contributed by atoms with Gasteiger partial charge in [0.1, 0.15) is 11.9 Å². The number of aliphatic hydroxyl groups is 1. The molecular formula is C16H11BrFNO. The molecule has 20 heavy (non-hydrogen) atoms. The van der Waals surface area contributed by atoms with E-state index in [-0.39, 0.29) is 5.56 Å². The van der Waals surface area contributed by atoms with Crippen LogP contribution < -0.4 is 0 Å². The number of rotatable bonds is 2. The minimum Gasteiger partial charge on any atom is -0.383 e. The predicted octanol–water partition coefficient (Wildman–Crippen LogP) is 4.22. The Morgan fingerprint density at radius 3 is 2.70 bits per heavy atom. The van der Waals surface area contributed by atoms with E-state index in [4.69, 9.17) is 0 Å². The first-order chi connectivity index (χ1) is 9.68. The summed E-state index contributed by atoms with van der Waals surface area (Å²) in [6, 6.07) is 12.0. The fourth-order valence-corrected chi connectivity index (χ4v) is 2.87. The van der Waals surface area contributed by atoms with Gasteiger partial charge in [0.15, 0.2) is 0 Å². The molecule has 0 aliphatic carbocycles. The second-order valence-electron chi connectivity index (χ2n) is 4.48. The summed E-state index contributed by atoms with van der Waals surface area (Å²) in [5.74, 6) is -0.432. The van der Waals surface area contributed by atoms with Crippen molar-refractivity contribution in [3.05, 3.63) is 76.3 Å². The van der Waals surface area contributed by atoms with E-state index in [9.17, 15) is 9.50 Å². The average Bonchev–Trinajstić information content (AvgIpc) is 2.46. The standard InChI is InChI=1S/C16H11BrFNO/c17-13-5-2-6-14(18)15(13)16(20)12-4-1-3-10-9-19-8-7-11(10)12/h1-9,16,20H. The lowest BCUT2D eigenvalue weighted by Crippen LogP contribution is -2.04. The van der Waals surface area contributed by atoms with Crippen molar-refractivity contribution in [2.75, 3.05) is 0 Å². The van der Waals surface area contributed by atoms with Crippen LogP contribution in [0.4, 0.5) is 4.39 Å². The molecular weight excluding hydrogens is 321 g/mol. The number of benzene rings is 2. The van der Waals surface area contributed by atoms with Crippen LogP contribution in [0.5, 0.6) is 0 Å². The molecule has 0 aliphatic heterocycles. The minimum atomic E-state index is -1.03. The molecule has 0 amide bonds. The zero-order valence-electron chi connectivity index (χ0n) is 10.4. The number of hydrogen-bond acceptors (Lipinski definition) is 2. The average molecular weight is 332 g/mol. The summed E-state index contributed by atoms with van der Waals surface area (Å²) in [7, 11) is 0. The molecule has 1 N–H and O–H groups in total. The molecule has 1 unspecified atom stereocenters. The molecule has 0 fully saturated rings. The van der Waals surface area contributed by atoms with Gasteiger partial charge >= 0.3 is 0 Å². The first-order valence-electron chi connectivity index (χ1n) is 6.13. The maximum atomic E-state index is 14.0. The molecule has 2 aromatic carbocycles. The van der Waals surface area contributed by atoms with Crippen LogP contribution in [0.3, 0.4) is 0 Å². The zero-order chi connectivity index (χ0) is 14.1. The SMILES string of the molecule is OC(c1c(F)cccc1Br)c1cccc2cnccc12. The summed E-state index contributed by atoms with van der Waals surface area (Å²) >= 11 is 3.30. The van der Waals surface area contributed by atoms with Gasteiger partial charge in [-0.1, -0.05) is 40.2 Å². The number of hydrogen-bond donors (Lipinski definition) is 1. The summed E-state index contributed by atoms with van der Waals surface area (Å²) in [4.78, 5) is 4.06. The Balaban J connectivity index is 2.21. The first-order valence-corrected chi connectivity index (χ1v) is 6.92. The van der Waals surface area contributed by atoms with Crippen molar-refractivity contribution in [3.8, 4) is 0 Å². The molecule has 0 spiro atoms. The van der Waals surface area contributed by atoms with Crippen LogP contribution >= 0.6 is 15.9 Å². The summed E-state index contributed by atoms with van der Waals surface area (Å²) < 4.78 is 14.5. The van der Waals surface area contributed by atoms with Crippen LogP contribution in [0.15, 0.2) is 59.3 Å². The lowest BCUT2D eigenvalue weighted by Gasteiger charge is -2.16. The van der Waals surface area contributed by atoms with E-state index < -0.39 is 11.9 Å². The van der Waals surface area contributed by atoms with E-state index in [1.807, 2.05) is 18.2 Å². The maximum Gasteiger partial charge on any atom is 0.130 e. The van der Waals surface area contributed by atoms with E-state index >= 15 is 0 Å². The van der Waals surface area contributed by atoms with Crippen molar-refractivity contribution in [3.63, 3.8) is 0 Å². The molecule has 1 aromatic heterocycles. The maximum absolute atomic E-state index is 14.0. The lowest BCUT2D eigenvalue weighted by molar-refractivity contribution is 0.215. The van der Waals surface area contributed by atoms with Crippen LogP contribution in [0.2, 0.25) is 0 Å². The highest BCUT2D eigenvalue weighted by Gasteiger charge is 2.19. The van der Waals surface area contributed by atoms with E-state index in [0.717, 1.165) is 10.8 Å². The third-order valence-corrected chi connectivity index (χ3v) is 3.97. The van der Waals surface area contributed by atoms with Gasteiger partial charge in [-0.15, -0.1) is 0 Å². The van der Waals surface area contributed by atoms with Gasteiger partial charge in [0.05, 0.1) is 0 Å². The highest BCUT2D eigenvalue weighted by atomic mass is 79.9. The highest BCUT2D eigenvalue weighted by Crippen LogP contribution is 2.33. The number of aliphatic hydroxyl groups excluding tert-OH is 1. The Morgan fingerprint density at radius 2 is 1.90 bits per heavy atom. The molecule has 2 nitrogen and oxygen atoms in total. The molecule has 0 radical (unpaired) electrons. The highest BCUT2D eigenvalue weighted by molar-refractivity contribution is 9.10. The van der Waals surface area contributed by atoms with Gasteiger partial charge < -0.3 is 5.11 Å². The van der Waals surface area contributed by atoms with E-state index in [1.54, 1.807) is 30.6 Å². The Labute approximate surface area is 124 Å². The predicted molar refractivity (Wildman–Crippen MR) is 79.9 cm³/mol. The van der Waals surface area contributed by atoms with Crippen molar-refractivity contribution >= 4 is 26.7 Å². The third kappa shape index (κ3) is 2.21. The Morgan fingerprint density at radius 1 is 1.10 bits per heavy atom. The van der Waals surface area contributed by atoms with Crippen LogP contribution in [0, 0.1) is 5.82 Å². The topological polar surface area (TPSA) is 33.1 Å². The number of halogens is 2. The summed E-state index contributed by atoms with van der Waals surface area (Å²) in [6.07, 6.45) is 2.35. The monoisotopic (exact) mass is 331 g/mol. The molecule has 3 rings (SSSR count). The third-order valence-electron chi connectivity index (χ3n) is 3.28. The van der Waals surface area contributed by atoms with Gasteiger partial charge in [-0.2, -0.15) is 0 Å². The Hall–Kier alpha value is -1.78. The van der Waals surface area contributed by atoms with Gasteiger partial charge in [0, 0.05) is 27.8 Å². The first kappa shape index (κ1) is 13.2. The molecule has 1 atom stereocenters. The summed E-state index contributed by atoms with van der Waals surface area (Å²) in [6.45, 7) is 0. The van der Waals surface area contributed by atoms with Crippen molar-refractivity contribution < 1.29 is 9.50 Å². The molecule has 4 heteroatoms. The quantitative estimate of drug-likeness (QED) is 0.762. The summed E-state index contributed by atoms with van der Waals surface area (Å²) in [5.41, 5.74) is 0.910. The molecule has 0 saturated heterocycles. The minimum absolute atomic E-state index is 0.247. The van der Waals surface area contributed by atoms with Crippen molar-refractivity contribution in [1.29, 1.82) is 0 Å². The van der Waals surface area contributed by atoms with Gasteiger partial charge in [-0.25, -0.2) is 4.39 Å². The van der Waals surface area contributed by atoms with E-state index in [0.29, 0.717) is 10.0 Å². The Bertz CT molecular complexity index is 750. The van der Waals surface area contributed by atoms with E-state index in [2.05, 4.69) is 20.9 Å². The summed E-state index contributed by atoms with van der Waals surface area (Å²) in [5, 5.41) is 12.3. The van der Waals surface area contributed by atoms with Gasteiger partial charge in [0.2, 0.25) is 0 Å². The van der Waals surface area contributed by atoms with Crippen LogP contribution in [0.1, 0.15) is 17.2 Å². The molecule has 0 aliphatic rings. The van der Waals surface area contributed by atoms with Crippen LogP contribution in [-0.2, 0) is 0 Å². The smallest absolute Gasteiger partial charge is 0.130 e. The van der Waals surface area contributed by atoms with Crippen molar-refractivity contribution in [1.82, 2.24) is 4.98 Å². The fraction of sp³-hybridized carbons (Fsp3) is 0.0625. The van der Waals surface area contributed by atoms with Gasteiger partial charge in [-0.05, 0) is 29.1 Å². The van der Waals surface area contributed by atoms with E-state index in [1.165, 1.54) is 6.07 Å². The normalized spacial score (nSPS) is 12.6. The van der Waals surface area contributed by atoms with Gasteiger partial charge in [-0.3, -0.25) is 4.98 Å². The number of pyridine rings is 1. The zero-order valence-corrected chi connectivity index (χ0v) is 12.0. The molecule has 100 valence electrons. The molecule has 1 heterocycles. The van der Waals surface area contributed by atoms with Crippen molar-refractivity contribution in [2.24, 2.45) is 0 Å². The van der Waals surface area contributed by atoms with Crippen LogP contribution in [-0.4, -0.2) is 10.1 Å². The second kappa shape index (κ2) is 5.31. The Kier molecular flexibility index (Phi) is 3.51. The van der Waals surface area contributed by atoms with Gasteiger partial charge in [0.25, 0.3) is 0 Å². The number of aromatic nitrogens is 1.